The quantitative estimate of drug-likeness (QED) is 0.770. The number of nitrogens with zero attached hydrogens (tertiary/aromatic N) is 1. The Hall–Kier alpha value is -0.730. The van der Waals surface area contributed by atoms with Gasteiger partial charge in [0.2, 0.25) is 0 Å². The minimum atomic E-state index is 0.238. The Labute approximate surface area is 128 Å². The van der Waals surface area contributed by atoms with Crippen LogP contribution in [0.25, 0.3) is 0 Å². The van der Waals surface area contributed by atoms with E-state index in [2.05, 4.69) is 30.9 Å². The van der Waals surface area contributed by atoms with Crippen LogP contribution in [0.3, 0.4) is 0 Å². The number of unbranched alkanes of at least 4 members (excludes halogenated alkanes) is 1. The molecule has 0 aromatic heterocycles. The van der Waals surface area contributed by atoms with Crippen molar-refractivity contribution in [2.45, 2.75) is 64.5 Å². The second-order valence-electron chi connectivity index (χ2n) is 5.92. The Morgan fingerprint density at radius 3 is 2.70 bits per heavy atom. The molecular formula is C17H27ClN2. The number of hydrogen-bond acceptors (Lipinski definition) is 2. The maximum absolute atomic E-state index is 6.23. The van der Waals surface area contributed by atoms with Crippen LogP contribution in [0.1, 0.15) is 51.5 Å². The minimum Gasteiger partial charge on any atom is -0.368 e. The molecule has 1 aromatic carbocycles. The smallest absolute Gasteiger partial charge is 0.0426 e. The highest BCUT2D eigenvalue weighted by Gasteiger charge is 2.30. The molecule has 0 amide bonds. The largest absolute Gasteiger partial charge is 0.368 e. The lowest BCUT2D eigenvalue weighted by Gasteiger charge is -2.28. The first kappa shape index (κ1) is 15.7. The highest BCUT2D eigenvalue weighted by atomic mass is 35.5. The summed E-state index contributed by atoms with van der Waals surface area (Å²) >= 11 is 6.23. The van der Waals surface area contributed by atoms with E-state index in [1.54, 1.807) is 0 Å². The van der Waals surface area contributed by atoms with Crippen molar-refractivity contribution in [1.29, 1.82) is 0 Å². The van der Waals surface area contributed by atoms with E-state index in [0.717, 1.165) is 30.5 Å². The number of anilines is 1. The lowest BCUT2D eigenvalue weighted by molar-refractivity contribution is 0.641. The van der Waals surface area contributed by atoms with E-state index in [-0.39, 0.29) is 6.04 Å². The van der Waals surface area contributed by atoms with Gasteiger partial charge < -0.3 is 10.6 Å². The van der Waals surface area contributed by atoms with Crippen LogP contribution in [0.2, 0.25) is 5.02 Å². The third kappa shape index (κ3) is 4.13. The van der Waals surface area contributed by atoms with Gasteiger partial charge in [-0.1, -0.05) is 37.9 Å². The first-order valence-electron chi connectivity index (χ1n) is 7.96. The van der Waals surface area contributed by atoms with Crippen LogP contribution < -0.4 is 10.6 Å². The van der Waals surface area contributed by atoms with E-state index in [1.165, 1.54) is 36.9 Å². The first-order valence-corrected chi connectivity index (χ1v) is 8.34. The van der Waals surface area contributed by atoms with E-state index in [1.807, 2.05) is 6.07 Å². The molecule has 1 unspecified atom stereocenters. The van der Waals surface area contributed by atoms with Gasteiger partial charge in [0, 0.05) is 29.3 Å². The molecule has 3 heteroatoms. The van der Waals surface area contributed by atoms with E-state index >= 15 is 0 Å². The van der Waals surface area contributed by atoms with Gasteiger partial charge in [0.05, 0.1) is 0 Å². The van der Waals surface area contributed by atoms with Crippen LogP contribution in [0.4, 0.5) is 5.69 Å². The molecule has 20 heavy (non-hydrogen) atoms. The fraction of sp³-hybridized carbons (Fsp3) is 0.647. The van der Waals surface area contributed by atoms with Crippen molar-refractivity contribution >= 4 is 17.3 Å². The predicted octanol–water partition coefficient (Wildman–Crippen LogP) is 4.39. The molecule has 2 rings (SSSR count). The molecule has 0 bridgehead atoms. The van der Waals surface area contributed by atoms with Crippen molar-refractivity contribution in [1.82, 2.24) is 0 Å². The highest BCUT2D eigenvalue weighted by molar-refractivity contribution is 6.30. The molecule has 0 aliphatic heterocycles. The van der Waals surface area contributed by atoms with Gasteiger partial charge >= 0.3 is 0 Å². The lowest BCUT2D eigenvalue weighted by atomic mass is 10.0. The van der Waals surface area contributed by atoms with Crippen molar-refractivity contribution in [3.63, 3.8) is 0 Å². The summed E-state index contributed by atoms with van der Waals surface area (Å²) in [7, 11) is 0. The SMILES string of the molecule is CCCCN(c1cc(Cl)ccc1CC(N)CC)C1CC1. The summed E-state index contributed by atoms with van der Waals surface area (Å²) < 4.78 is 0. The van der Waals surface area contributed by atoms with Crippen molar-refractivity contribution in [3.8, 4) is 0 Å². The van der Waals surface area contributed by atoms with Gasteiger partial charge in [-0.2, -0.15) is 0 Å². The summed E-state index contributed by atoms with van der Waals surface area (Å²) in [5, 5.41) is 0.830. The molecule has 2 N–H and O–H groups in total. The molecule has 0 radical (unpaired) electrons. The zero-order valence-electron chi connectivity index (χ0n) is 12.7. The summed E-state index contributed by atoms with van der Waals surface area (Å²) in [5.74, 6) is 0. The zero-order chi connectivity index (χ0) is 14.5. The van der Waals surface area contributed by atoms with Crippen molar-refractivity contribution in [2.24, 2.45) is 5.73 Å². The summed E-state index contributed by atoms with van der Waals surface area (Å²) in [6.07, 6.45) is 7.06. The number of rotatable bonds is 8. The van der Waals surface area contributed by atoms with Gasteiger partial charge in [0.25, 0.3) is 0 Å². The molecule has 0 spiro atoms. The van der Waals surface area contributed by atoms with Crippen LogP contribution in [0.5, 0.6) is 0 Å². The molecule has 1 aromatic rings. The summed E-state index contributed by atoms with van der Waals surface area (Å²) in [5.41, 5.74) is 8.82. The molecule has 2 nitrogen and oxygen atoms in total. The maximum atomic E-state index is 6.23. The Morgan fingerprint density at radius 2 is 2.10 bits per heavy atom. The average Bonchev–Trinajstić information content (AvgIpc) is 3.26. The third-order valence-electron chi connectivity index (χ3n) is 4.10. The first-order chi connectivity index (χ1) is 9.65. The van der Waals surface area contributed by atoms with Gasteiger partial charge in [0.15, 0.2) is 0 Å². The van der Waals surface area contributed by atoms with Crippen molar-refractivity contribution in [2.75, 3.05) is 11.4 Å². The van der Waals surface area contributed by atoms with Gasteiger partial charge in [-0.3, -0.25) is 0 Å². The average molecular weight is 295 g/mol. The second-order valence-corrected chi connectivity index (χ2v) is 6.36. The van der Waals surface area contributed by atoms with Gasteiger partial charge in [-0.15, -0.1) is 0 Å². The monoisotopic (exact) mass is 294 g/mol. The van der Waals surface area contributed by atoms with Gasteiger partial charge in [0.1, 0.15) is 0 Å². The Morgan fingerprint density at radius 1 is 1.35 bits per heavy atom. The fourth-order valence-corrected chi connectivity index (χ4v) is 2.78. The lowest BCUT2D eigenvalue weighted by Crippen LogP contribution is -2.29. The summed E-state index contributed by atoms with van der Waals surface area (Å²) in [6.45, 7) is 5.53. The highest BCUT2D eigenvalue weighted by Crippen LogP contribution is 2.35. The van der Waals surface area contributed by atoms with Crippen LogP contribution in [0.15, 0.2) is 18.2 Å². The van der Waals surface area contributed by atoms with Crippen LogP contribution in [-0.4, -0.2) is 18.6 Å². The zero-order valence-corrected chi connectivity index (χ0v) is 13.5. The topological polar surface area (TPSA) is 29.3 Å². The third-order valence-corrected chi connectivity index (χ3v) is 4.34. The molecule has 1 fully saturated rings. The number of benzene rings is 1. The molecular weight excluding hydrogens is 268 g/mol. The number of halogens is 1. The van der Waals surface area contributed by atoms with Crippen LogP contribution in [-0.2, 0) is 6.42 Å². The molecule has 0 saturated heterocycles. The standard InChI is InChI=1S/C17H27ClN2/c1-3-5-10-20(16-8-9-16)17-12-14(18)7-6-13(17)11-15(19)4-2/h6-7,12,15-16H,3-5,8-11,19H2,1-2H3. The molecule has 112 valence electrons. The second kappa shape index (κ2) is 7.33. The normalized spacial score (nSPS) is 16.2. The van der Waals surface area contributed by atoms with E-state index in [0.29, 0.717) is 0 Å². The van der Waals surface area contributed by atoms with Crippen molar-refractivity contribution < 1.29 is 0 Å². The molecule has 0 heterocycles. The Balaban J connectivity index is 2.23. The number of hydrogen-bond donors (Lipinski definition) is 1. The summed E-state index contributed by atoms with van der Waals surface area (Å²) in [6, 6.07) is 7.24. The molecule has 1 saturated carbocycles. The van der Waals surface area contributed by atoms with Crippen molar-refractivity contribution in [3.05, 3.63) is 28.8 Å². The van der Waals surface area contributed by atoms with Gasteiger partial charge in [-0.05, 0) is 49.8 Å². The Bertz CT molecular complexity index is 429. The molecule has 1 aliphatic carbocycles. The van der Waals surface area contributed by atoms with Crippen LogP contribution >= 0.6 is 11.6 Å². The predicted molar refractivity (Wildman–Crippen MR) is 88.7 cm³/mol. The Kier molecular flexibility index (Phi) is 5.74. The summed E-state index contributed by atoms with van der Waals surface area (Å²) in [4.78, 5) is 2.56. The van der Waals surface area contributed by atoms with E-state index in [4.69, 9.17) is 17.3 Å². The molecule has 1 atom stereocenters. The minimum absolute atomic E-state index is 0.238. The van der Waals surface area contributed by atoms with E-state index in [9.17, 15) is 0 Å². The fourth-order valence-electron chi connectivity index (χ4n) is 2.62. The molecule has 1 aliphatic rings. The maximum Gasteiger partial charge on any atom is 0.0426 e. The van der Waals surface area contributed by atoms with Crippen LogP contribution in [0, 0.1) is 0 Å². The van der Waals surface area contributed by atoms with Gasteiger partial charge in [-0.25, -0.2) is 0 Å². The number of nitrogens with two attached hydrogens (primary N) is 1. The van der Waals surface area contributed by atoms with E-state index < -0.39 is 0 Å².